The van der Waals surface area contributed by atoms with E-state index in [1.165, 1.54) is 16.0 Å². The molecule has 0 bridgehead atoms. The van der Waals surface area contributed by atoms with Crippen molar-refractivity contribution in [2.45, 2.75) is 64.2 Å². The van der Waals surface area contributed by atoms with Gasteiger partial charge < -0.3 is 19.5 Å². The van der Waals surface area contributed by atoms with Crippen molar-refractivity contribution < 1.29 is 19.4 Å². The van der Waals surface area contributed by atoms with Gasteiger partial charge in [-0.3, -0.25) is 0 Å². The molecule has 1 fully saturated rings. The number of amides is 1. The van der Waals surface area contributed by atoms with Crippen LogP contribution in [0, 0.1) is 6.92 Å². The summed E-state index contributed by atoms with van der Waals surface area (Å²) >= 11 is 0. The van der Waals surface area contributed by atoms with Gasteiger partial charge in [0.25, 0.3) is 0 Å². The molecule has 36 heavy (non-hydrogen) atoms. The maximum atomic E-state index is 11.5. The van der Waals surface area contributed by atoms with Crippen molar-refractivity contribution >= 4 is 25.1 Å². The number of ether oxygens (including phenoxy) is 2. The lowest BCUT2D eigenvalue weighted by atomic mass is 9.73. The lowest BCUT2D eigenvalue weighted by Gasteiger charge is -2.41. The second kappa shape index (κ2) is 11.1. The molecule has 1 saturated heterocycles. The number of nitrogens with zero attached hydrogens (tertiary/aromatic N) is 3. The Labute approximate surface area is 215 Å². The predicted octanol–water partition coefficient (Wildman–Crippen LogP) is 5.89. The third-order valence-electron chi connectivity index (χ3n) is 7.11. The molecule has 4 rings (SSSR count). The molecule has 1 aromatic heterocycles. The Morgan fingerprint density at radius 2 is 1.83 bits per heavy atom. The number of rotatable bonds is 10. The molecule has 7 nitrogen and oxygen atoms in total. The van der Waals surface area contributed by atoms with Gasteiger partial charge in [-0.2, -0.15) is 5.10 Å². The van der Waals surface area contributed by atoms with Crippen LogP contribution in [0.5, 0.6) is 0 Å². The summed E-state index contributed by atoms with van der Waals surface area (Å²) in [5, 5.41) is 15.3. The zero-order valence-electron chi connectivity index (χ0n) is 22.0. The highest BCUT2D eigenvalue weighted by Crippen LogP contribution is 2.36. The first kappa shape index (κ1) is 26.4. The molecule has 0 aliphatic carbocycles. The Bertz CT molecular complexity index is 1160. The maximum absolute atomic E-state index is 11.5. The molecule has 1 amide bonds. The Balaban J connectivity index is 1.45. The van der Waals surface area contributed by atoms with Crippen molar-refractivity contribution in [1.29, 1.82) is 0 Å². The fourth-order valence-electron chi connectivity index (χ4n) is 4.93. The van der Waals surface area contributed by atoms with E-state index in [0.717, 1.165) is 42.0 Å². The van der Waals surface area contributed by atoms with E-state index >= 15 is 0 Å². The van der Waals surface area contributed by atoms with Crippen molar-refractivity contribution in [3.05, 3.63) is 65.4 Å². The molecule has 194 valence electrons. The van der Waals surface area contributed by atoms with Crippen LogP contribution < -0.4 is 0 Å². The third-order valence-corrected chi connectivity index (χ3v) is 8.82. The number of fused-ring (bicyclic) bond motifs is 1. The zero-order chi connectivity index (χ0) is 25.8. The molecule has 0 saturated carbocycles. The van der Waals surface area contributed by atoms with Crippen LogP contribution in [0.15, 0.2) is 48.7 Å². The molecule has 1 aliphatic heterocycles. The van der Waals surface area contributed by atoms with Gasteiger partial charge in [0.1, 0.15) is 6.73 Å². The normalized spacial score (nSPS) is 15.9. The summed E-state index contributed by atoms with van der Waals surface area (Å²) in [6.07, 6.45) is 2.69. The third kappa shape index (κ3) is 6.54. The van der Waals surface area contributed by atoms with Gasteiger partial charge >= 0.3 is 6.09 Å². The van der Waals surface area contributed by atoms with Gasteiger partial charge in [-0.15, -0.1) is 0 Å². The van der Waals surface area contributed by atoms with Crippen LogP contribution in [0.25, 0.3) is 10.9 Å². The number of hydrogen-bond acceptors (Lipinski definition) is 4. The fraction of sp³-hybridized carbons (Fsp3) is 0.500. The summed E-state index contributed by atoms with van der Waals surface area (Å²) in [7, 11) is -1.12. The molecule has 2 aromatic carbocycles. The predicted molar refractivity (Wildman–Crippen MR) is 145 cm³/mol. The quantitative estimate of drug-likeness (QED) is 0.273. The van der Waals surface area contributed by atoms with E-state index in [2.05, 4.69) is 50.8 Å². The molecule has 1 aliphatic rings. The van der Waals surface area contributed by atoms with Crippen LogP contribution in [0.1, 0.15) is 29.5 Å². The van der Waals surface area contributed by atoms with Gasteiger partial charge in [0.15, 0.2) is 0 Å². The second-order valence-corrected chi connectivity index (χ2v) is 16.9. The molecule has 2 heterocycles. The van der Waals surface area contributed by atoms with E-state index in [-0.39, 0.29) is 5.41 Å². The highest BCUT2D eigenvalue weighted by molar-refractivity contribution is 6.76. The average Bonchev–Trinajstić information content (AvgIpc) is 3.25. The zero-order valence-corrected chi connectivity index (χ0v) is 23.0. The average molecular weight is 510 g/mol. The highest BCUT2D eigenvalue weighted by Gasteiger charge is 2.37. The number of aromatic nitrogens is 2. The Hall–Kier alpha value is -2.68. The van der Waals surface area contributed by atoms with Gasteiger partial charge in [-0.1, -0.05) is 56.0 Å². The van der Waals surface area contributed by atoms with E-state index < -0.39 is 14.2 Å². The van der Waals surface area contributed by atoms with E-state index in [9.17, 15) is 9.90 Å². The minimum absolute atomic E-state index is 0.195. The van der Waals surface area contributed by atoms with Crippen molar-refractivity contribution in [3.63, 3.8) is 0 Å². The number of hydrogen-bond donors (Lipinski definition) is 1. The fourth-order valence-corrected chi connectivity index (χ4v) is 5.68. The van der Waals surface area contributed by atoms with Gasteiger partial charge in [0, 0.05) is 50.3 Å². The van der Waals surface area contributed by atoms with Crippen LogP contribution in [0.2, 0.25) is 25.7 Å². The Morgan fingerprint density at radius 1 is 1.11 bits per heavy atom. The number of likely N-dealkylation sites (tertiary alicyclic amines) is 1. The molecular weight excluding hydrogens is 470 g/mol. The maximum Gasteiger partial charge on any atom is 0.407 e. The lowest BCUT2D eigenvalue weighted by molar-refractivity contribution is 0.0372. The van der Waals surface area contributed by atoms with Gasteiger partial charge in [0.2, 0.25) is 0 Å². The van der Waals surface area contributed by atoms with Crippen LogP contribution in [-0.4, -0.2) is 60.3 Å². The molecule has 0 spiro atoms. The number of benzene rings is 2. The first-order valence-corrected chi connectivity index (χ1v) is 16.5. The van der Waals surface area contributed by atoms with Crippen LogP contribution in [0.4, 0.5) is 4.79 Å². The summed E-state index contributed by atoms with van der Waals surface area (Å²) in [4.78, 5) is 13.0. The van der Waals surface area contributed by atoms with Crippen molar-refractivity contribution in [2.75, 3.05) is 26.3 Å². The molecule has 1 N–H and O–H groups in total. The van der Waals surface area contributed by atoms with Crippen LogP contribution in [0.3, 0.4) is 0 Å². The Kier molecular flexibility index (Phi) is 8.17. The van der Waals surface area contributed by atoms with Gasteiger partial charge in [-0.05, 0) is 43.0 Å². The van der Waals surface area contributed by atoms with Crippen molar-refractivity contribution in [2.24, 2.45) is 0 Å². The largest absolute Gasteiger partial charge is 0.465 e. The van der Waals surface area contributed by atoms with E-state index in [0.29, 0.717) is 33.0 Å². The number of piperidine rings is 1. The molecule has 8 heteroatoms. The smallest absolute Gasteiger partial charge is 0.407 e. The number of carboxylic acid groups (broad SMARTS) is 1. The molecular formula is C28H39N3O4Si. The first-order chi connectivity index (χ1) is 17.2. The minimum Gasteiger partial charge on any atom is -0.465 e. The Morgan fingerprint density at radius 3 is 2.50 bits per heavy atom. The van der Waals surface area contributed by atoms with Crippen molar-refractivity contribution in [1.82, 2.24) is 14.7 Å². The highest BCUT2D eigenvalue weighted by atomic mass is 28.3. The SMILES string of the molecule is Cc1cc(COCC2(c3ccccc3)CCN(C(=O)O)CC2)c2nn(COCC[Si](C)(C)C)cc2c1. The monoisotopic (exact) mass is 509 g/mol. The summed E-state index contributed by atoms with van der Waals surface area (Å²) in [5.74, 6) is 0. The van der Waals surface area contributed by atoms with Gasteiger partial charge in [0.05, 0.1) is 18.7 Å². The minimum atomic E-state index is -1.12. The molecule has 0 atom stereocenters. The van der Waals surface area contributed by atoms with Crippen LogP contribution >= 0.6 is 0 Å². The topological polar surface area (TPSA) is 76.8 Å². The molecule has 0 radical (unpaired) electrons. The summed E-state index contributed by atoms with van der Waals surface area (Å²) in [6.45, 7) is 12.4. The number of carbonyl (C=O) groups is 1. The second-order valence-electron chi connectivity index (χ2n) is 11.3. The standard InChI is InChI=1S/C28H39N3O4Si/c1-22-16-23-18-31(21-34-14-15-36(2,3)4)29-26(23)24(17-22)19-35-20-28(25-8-6-5-7-9-25)10-12-30(13-11-28)27(32)33/h5-9,16-18H,10-15,19-21H2,1-4H3,(H,32,33). The molecule has 3 aromatic rings. The van der Waals surface area contributed by atoms with Crippen molar-refractivity contribution in [3.8, 4) is 0 Å². The van der Waals surface area contributed by atoms with Gasteiger partial charge in [-0.25, -0.2) is 9.48 Å². The first-order valence-electron chi connectivity index (χ1n) is 12.8. The summed E-state index contributed by atoms with van der Waals surface area (Å²) in [5.41, 5.74) is 4.21. The van der Waals surface area contributed by atoms with E-state index in [4.69, 9.17) is 14.6 Å². The lowest BCUT2D eigenvalue weighted by Crippen LogP contribution is -2.47. The summed E-state index contributed by atoms with van der Waals surface area (Å²) in [6, 6.07) is 15.8. The van der Waals surface area contributed by atoms with E-state index in [1.54, 1.807) is 0 Å². The molecule has 0 unspecified atom stereocenters. The van der Waals surface area contributed by atoms with Crippen LogP contribution in [-0.2, 0) is 28.2 Å². The van der Waals surface area contributed by atoms with E-state index in [1.807, 2.05) is 29.1 Å². The summed E-state index contributed by atoms with van der Waals surface area (Å²) < 4.78 is 14.2. The number of aryl methyl sites for hydroxylation is 1.